The van der Waals surface area contributed by atoms with Crippen molar-refractivity contribution in [3.63, 3.8) is 0 Å². The molecule has 0 saturated carbocycles. The molecule has 0 radical (unpaired) electrons. The van der Waals surface area contributed by atoms with E-state index in [1.807, 2.05) is 19.9 Å². The van der Waals surface area contributed by atoms with E-state index in [0.717, 1.165) is 5.56 Å². The third kappa shape index (κ3) is 5.08. The molecule has 9 heteroatoms. The van der Waals surface area contributed by atoms with Crippen LogP contribution in [0.3, 0.4) is 0 Å². The number of aromatic nitrogens is 4. The van der Waals surface area contributed by atoms with Crippen LogP contribution in [0.2, 0.25) is 5.02 Å². The molecule has 0 saturated heterocycles. The average Bonchev–Trinajstić information content (AvgIpc) is 3.30. The van der Waals surface area contributed by atoms with Crippen LogP contribution in [0, 0.1) is 6.92 Å². The second kappa shape index (κ2) is 8.70. The maximum Gasteiger partial charge on any atom is 0.276 e. The molecule has 3 rings (SSSR count). The minimum atomic E-state index is -0.327. The SMILES string of the molecule is CCOCn1cc(NC(=O)c2ccn(COc3ccc(Cl)c(C)c3)n2)cn1. The first kappa shape index (κ1) is 18.9. The van der Waals surface area contributed by atoms with Gasteiger partial charge in [0, 0.05) is 17.8 Å². The molecule has 1 aromatic carbocycles. The molecule has 3 aromatic rings. The number of hydrogen-bond donors (Lipinski definition) is 1. The highest BCUT2D eigenvalue weighted by molar-refractivity contribution is 6.31. The Morgan fingerprint density at radius 3 is 2.89 bits per heavy atom. The lowest BCUT2D eigenvalue weighted by Gasteiger charge is -2.07. The number of nitrogens with one attached hydrogen (secondary N) is 1. The van der Waals surface area contributed by atoms with Crippen molar-refractivity contribution in [1.29, 1.82) is 0 Å². The highest BCUT2D eigenvalue weighted by Gasteiger charge is 2.11. The quantitative estimate of drug-likeness (QED) is 0.639. The van der Waals surface area contributed by atoms with E-state index >= 15 is 0 Å². The maximum absolute atomic E-state index is 12.3. The molecule has 0 atom stereocenters. The van der Waals surface area contributed by atoms with Gasteiger partial charge in [-0.25, -0.2) is 9.36 Å². The van der Waals surface area contributed by atoms with Gasteiger partial charge in [0.25, 0.3) is 5.91 Å². The molecule has 0 unspecified atom stereocenters. The molecule has 0 aliphatic carbocycles. The second-order valence-electron chi connectivity index (χ2n) is 5.77. The van der Waals surface area contributed by atoms with E-state index in [0.29, 0.717) is 29.8 Å². The number of carbonyl (C=O) groups excluding carboxylic acids is 1. The van der Waals surface area contributed by atoms with Gasteiger partial charge < -0.3 is 14.8 Å². The number of hydrogen-bond acceptors (Lipinski definition) is 5. The normalized spacial score (nSPS) is 10.8. The first-order valence-corrected chi connectivity index (χ1v) is 8.77. The summed E-state index contributed by atoms with van der Waals surface area (Å²) in [5.74, 6) is 0.354. The number of amides is 1. The van der Waals surface area contributed by atoms with Crippen LogP contribution in [0.5, 0.6) is 5.75 Å². The highest BCUT2D eigenvalue weighted by Crippen LogP contribution is 2.21. The zero-order valence-corrected chi connectivity index (χ0v) is 15.8. The Morgan fingerprint density at radius 1 is 1.26 bits per heavy atom. The van der Waals surface area contributed by atoms with Crippen molar-refractivity contribution in [2.45, 2.75) is 27.3 Å². The minimum Gasteiger partial charge on any atom is -0.471 e. The lowest BCUT2D eigenvalue weighted by atomic mass is 10.2. The molecule has 0 bridgehead atoms. The van der Waals surface area contributed by atoms with Crippen LogP contribution in [0.25, 0.3) is 0 Å². The molecule has 0 fully saturated rings. The van der Waals surface area contributed by atoms with E-state index < -0.39 is 0 Å². The molecule has 0 aliphatic rings. The third-order valence-electron chi connectivity index (χ3n) is 3.68. The molecular formula is C18H20ClN5O3. The Hall–Kier alpha value is -2.84. The van der Waals surface area contributed by atoms with Crippen LogP contribution in [0.4, 0.5) is 5.69 Å². The lowest BCUT2D eigenvalue weighted by molar-refractivity contribution is 0.0792. The van der Waals surface area contributed by atoms with E-state index in [2.05, 4.69) is 15.5 Å². The van der Waals surface area contributed by atoms with Crippen molar-refractivity contribution in [2.75, 3.05) is 11.9 Å². The molecule has 142 valence electrons. The van der Waals surface area contributed by atoms with Crippen LogP contribution in [-0.2, 0) is 18.2 Å². The van der Waals surface area contributed by atoms with Crippen LogP contribution in [-0.4, -0.2) is 32.1 Å². The van der Waals surface area contributed by atoms with Gasteiger partial charge in [0.15, 0.2) is 12.4 Å². The van der Waals surface area contributed by atoms with Crippen LogP contribution in [0.1, 0.15) is 23.0 Å². The van der Waals surface area contributed by atoms with E-state index in [1.165, 1.54) is 4.68 Å². The van der Waals surface area contributed by atoms with Crippen molar-refractivity contribution < 1.29 is 14.3 Å². The Morgan fingerprint density at radius 2 is 2.11 bits per heavy atom. The smallest absolute Gasteiger partial charge is 0.276 e. The van der Waals surface area contributed by atoms with Crippen molar-refractivity contribution >= 4 is 23.2 Å². The van der Waals surface area contributed by atoms with E-state index in [9.17, 15) is 4.79 Å². The number of anilines is 1. The summed E-state index contributed by atoms with van der Waals surface area (Å²) in [6, 6.07) is 7.03. The monoisotopic (exact) mass is 389 g/mol. The minimum absolute atomic E-state index is 0.181. The summed E-state index contributed by atoms with van der Waals surface area (Å²) in [6.07, 6.45) is 4.92. The zero-order chi connectivity index (χ0) is 19.2. The van der Waals surface area contributed by atoms with Crippen molar-refractivity contribution in [1.82, 2.24) is 19.6 Å². The molecule has 27 heavy (non-hydrogen) atoms. The van der Waals surface area contributed by atoms with E-state index in [1.54, 1.807) is 41.5 Å². The van der Waals surface area contributed by atoms with E-state index in [-0.39, 0.29) is 18.3 Å². The van der Waals surface area contributed by atoms with Crippen molar-refractivity contribution in [3.05, 3.63) is 59.1 Å². The maximum atomic E-state index is 12.3. The fraction of sp³-hybridized carbons (Fsp3) is 0.278. The number of carbonyl (C=O) groups is 1. The molecule has 2 heterocycles. The molecule has 2 aromatic heterocycles. The number of aryl methyl sites for hydroxylation is 1. The second-order valence-corrected chi connectivity index (χ2v) is 6.18. The van der Waals surface area contributed by atoms with Gasteiger partial charge >= 0.3 is 0 Å². The molecule has 0 aliphatic heterocycles. The van der Waals surface area contributed by atoms with Gasteiger partial charge in [-0.1, -0.05) is 11.6 Å². The fourth-order valence-corrected chi connectivity index (χ4v) is 2.40. The Kier molecular flexibility index (Phi) is 6.10. The van der Waals surface area contributed by atoms with Gasteiger partial charge in [-0.05, 0) is 43.7 Å². The number of ether oxygens (including phenoxy) is 2. The first-order chi connectivity index (χ1) is 13.0. The summed E-state index contributed by atoms with van der Waals surface area (Å²) in [5, 5.41) is 11.8. The van der Waals surface area contributed by atoms with Gasteiger partial charge in [0.2, 0.25) is 0 Å². The van der Waals surface area contributed by atoms with E-state index in [4.69, 9.17) is 21.1 Å². The molecule has 1 amide bonds. The summed E-state index contributed by atoms with van der Waals surface area (Å²) < 4.78 is 14.1. The zero-order valence-electron chi connectivity index (χ0n) is 15.1. The molecular weight excluding hydrogens is 370 g/mol. The highest BCUT2D eigenvalue weighted by atomic mass is 35.5. The fourth-order valence-electron chi connectivity index (χ4n) is 2.28. The van der Waals surface area contributed by atoms with Gasteiger partial charge in [-0.3, -0.25) is 4.79 Å². The van der Waals surface area contributed by atoms with Gasteiger partial charge in [-0.15, -0.1) is 0 Å². The Labute approximate surface area is 161 Å². The van der Waals surface area contributed by atoms with Crippen LogP contribution >= 0.6 is 11.6 Å². The summed E-state index contributed by atoms with van der Waals surface area (Å²) in [7, 11) is 0. The topological polar surface area (TPSA) is 83.2 Å². The van der Waals surface area contributed by atoms with Crippen molar-refractivity contribution in [2.24, 2.45) is 0 Å². The third-order valence-corrected chi connectivity index (χ3v) is 4.11. The van der Waals surface area contributed by atoms with Crippen molar-refractivity contribution in [3.8, 4) is 5.75 Å². The summed E-state index contributed by atoms with van der Waals surface area (Å²) in [5.41, 5.74) is 1.78. The lowest BCUT2D eigenvalue weighted by Crippen LogP contribution is -2.14. The predicted molar refractivity (Wildman–Crippen MR) is 101 cm³/mol. The average molecular weight is 390 g/mol. The molecule has 1 N–H and O–H groups in total. The number of rotatable bonds is 8. The van der Waals surface area contributed by atoms with Gasteiger partial charge in [0.1, 0.15) is 12.5 Å². The van der Waals surface area contributed by atoms with Gasteiger partial charge in [0.05, 0.1) is 18.1 Å². The summed E-state index contributed by atoms with van der Waals surface area (Å²) >= 11 is 6.00. The molecule has 0 spiro atoms. The van der Waals surface area contributed by atoms with Crippen LogP contribution in [0.15, 0.2) is 42.9 Å². The predicted octanol–water partition coefficient (Wildman–Crippen LogP) is 3.32. The first-order valence-electron chi connectivity index (χ1n) is 8.39. The summed E-state index contributed by atoms with van der Waals surface area (Å²) in [4.78, 5) is 12.3. The number of halogens is 1. The number of benzene rings is 1. The Bertz CT molecular complexity index is 921. The standard InChI is InChI=1S/C18H20ClN5O3/c1-3-26-11-24-10-14(9-20-24)21-18(25)17-6-7-23(22-17)12-27-15-4-5-16(19)13(2)8-15/h4-10H,3,11-12H2,1-2H3,(H,21,25). The summed E-state index contributed by atoms with van der Waals surface area (Å²) in [6.45, 7) is 4.92. The molecule has 8 nitrogen and oxygen atoms in total. The Balaban J connectivity index is 1.55. The number of nitrogens with zero attached hydrogens (tertiary/aromatic N) is 4. The van der Waals surface area contributed by atoms with Gasteiger partial charge in [-0.2, -0.15) is 10.2 Å². The largest absolute Gasteiger partial charge is 0.471 e. The van der Waals surface area contributed by atoms with Crippen LogP contribution < -0.4 is 10.1 Å².